The number of fused-ring (bicyclic) bond motifs is 1. The van der Waals surface area contributed by atoms with Crippen LogP contribution in [0, 0.1) is 10.1 Å². The Hall–Kier alpha value is -2.95. The second-order valence-corrected chi connectivity index (χ2v) is 8.41. The van der Waals surface area contributed by atoms with E-state index in [1.807, 2.05) is 6.08 Å². The summed E-state index contributed by atoms with van der Waals surface area (Å²) in [6.07, 6.45) is 13.6. The van der Waals surface area contributed by atoms with Crippen molar-refractivity contribution < 1.29 is 9.72 Å². The predicted octanol–water partition coefficient (Wildman–Crippen LogP) is 5.86. The lowest BCUT2D eigenvalue weighted by Crippen LogP contribution is -2.27. The molecule has 0 radical (unpaired) electrons. The van der Waals surface area contributed by atoms with Gasteiger partial charge in [0, 0.05) is 41.1 Å². The van der Waals surface area contributed by atoms with Gasteiger partial charge in [-0.2, -0.15) is 0 Å². The molecule has 1 heterocycles. The molecule has 1 aromatic carbocycles. The van der Waals surface area contributed by atoms with E-state index >= 15 is 0 Å². The van der Waals surface area contributed by atoms with Crippen LogP contribution in [0.1, 0.15) is 58.4 Å². The van der Waals surface area contributed by atoms with Gasteiger partial charge in [0.05, 0.1) is 4.92 Å². The molecule has 1 aromatic rings. The SMILES string of the molecule is CCCCCCCN1/C(=C\C=C2\C=C([N+](=O)[O-])C=CC2=O)C(C)(C)c2ccccc21. The maximum atomic E-state index is 12.2. The van der Waals surface area contributed by atoms with Crippen LogP contribution in [0.4, 0.5) is 5.69 Å². The third-order valence-electron chi connectivity index (χ3n) is 5.91. The molecule has 0 amide bonds. The number of anilines is 1. The average Bonchev–Trinajstić information content (AvgIpc) is 2.94. The van der Waals surface area contributed by atoms with Gasteiger partial charge in [-0.3, -0.25) is 14.9 Å². The number of hydrogen-bond donors (Lipinski definition) is 0. The van der Waals surface area contributed by atoms with Crippen LogP contribution in [0.5, 0.6) is 0 Å². The van der Waals surface area contributed by atoms with Crippen molar-refractivity contribution >= 4 is 11.5 Å². The van der Waals surface area contributed by atoms with Crippen molar-refractivity contribution in [1.29, 1.82) is 0 Å². The summed E-state index contributed by atoms with van der Waals surface area (Å²) >= 11 is 0. The molecule has 0 fully saturated rings. The van der Waals surface area contributed by atoms with Crippen molar-refractivity contribution in [2.75, 3.05) is 11.4 Å². The van der Waals surface area contributed by atoms with Crippen molar-refractivity contribution in [3.05, 3.63) is 87.3 Å². The first-order valence-corrected chi connectivity index (χ1v) is 10.7. The molecule has 0 bridgehead atoms. The van der Waals surface area contributed by atoms with Gasteiger partial charge in [0.25, 0.3) is 5.70 Å². The highest BCUT2D eigenvalue weighted by molar-refractivity contribution is 6.07. The molecule has 0 atom stereocenters. The minimum absolute atomic E-state index is 0.0685. The van der Waals surface area contributed by atoms with Gasteiger partial charge in [0.15, 0.2) is 5.78 Å². The third kappa shape index (κ3) is 4.45. The van der Waals surface area contributed by atoms with Gasteiger partial charge in [-0.1, -0.05) is 64.7 Å². The summed E-state index contributed by atoms with van der Waals surface area (Å²) < 4.78 is 0. The van der Waals surface area contributed by atoms with E-state index in [0.717, 1.165) is 18.7 Å². The zero-order valence-corrected chi connectivity index (χ0v) is 18.1. The summed E-state index contributed by atoms with van der Waals surface area (Å²) in [5, 5.41) is 11.1. The smallest absolute Gasteiger partial charge is 0.270 e. The van der Waals surface area contributed by atoms with Crippen molar-refractivity contribution in [2.24, 2.45) is 0 Å². The number of nitrogens with zero attached hydrogens (tertiary/aromatic N) is 2. The first-order chi connectivity index (χ1) is 14.4. The Morgan fingerprint density at radius 1 is 1.07 bits per heavy atom. The molecule has 5 nitrogen and oxygen atoms in total. The quantitative estimate of drug-likeness (QED) is 0.235. The van der Waals surface area contributed by atoms with Crippen LogP contribution in [0.25, 0.3) is 0 Å². The number of rotatable bonds is 8. The van der Waals surface area contributed by atoms with Crippen molar-refractivity contribution in [1.82, 2.24) is 0 Å². The van der Waals surface area contributed by atoms with Gasteiger partial charge >= 0.3 is 0 Å². The fraction of sp³-hybridized carbons (Fsp3) is 0.400. The number of hydrogen-bond acceptors (Lipinski definition) is 4. The maximum absolute atomic E-state index is 12.2. The van der Waals surface area contributed by atoms with Crippen LogP contribution in [0.2, 0.25) is 0 Å². The molecule has 1 aliphatic carbocycles. The summed E-state index contributed by atoms with van der Waals surface area (Å²) in [5.41, 5.74) is 3.65. The summed E-state index contributed by atoms with van der Waals surface area (Å²) in [6.45, 7) is 7.51. The zero-order valence-electron chi connectivity index (χ0n) is 18.1. The second-order valence-electron chi connectivity index (χ2n) is 8.41. The molecular weight excluding hydrogens is 376 g/mol. The number of allylic oxidation sites excluding steroid dienone is 7. The molecule has 0 aromatic heterocycles. The van der Waals surface area contributed by atoms with E-state index in [0.29, 0.717) is 5.57 Å². The zero-order chi connectivity index (χ0) is 21.7. The van der Waals surface area contributed by atoms with Gasteiger partial charge in [0.1, 0.15) is 0 Å². The minimum Gasteiger partial charge on any atom is -0.344 e. The van der Waals surface area contributed by atoms with E-state index in [1.54, 1.807) is 6.08 Å². The van der Waals surface area contributed by atoms with Gasteiger partial charge in [-0.25, -0.2) is 0 Å². The predicted molar refractivity (Wildman–Crippen MR) is 121 cm³/mol. The molecule has 1 aliphatic heterocycles. The molecule has 2 aliphatic rings. The van der Waals surface area contributed by atoms with Crippen LogP contribution in [-0.4, -0.2) is 17.3 Å². The minimum atomic E-state index is -0.470. The van der Waals surface area contributed by atoms with E-state index < -0.39 is 4.92 Å². The number of para-hydroxylation sites is 1. The van der Waals surface area contributed by atoms with E-state index in [-0.39, 0.29) is 16.9 Å². The Kier molecular flexibility index (Phi) is 6.70. The number of nitro groups is 1. The summed E-state index contributed by atoms with van der Waals surface area (Å²) in [7, 11) is 0. The van der Waals surface area contributed by atoms with Crippen molar-refractivity contribution in [2.45, 2.75) is 58.3 Å². The molecule has 0 spiro atoms. The fourth-order valence-corrected chi connectivity index (χ4v) is 4.20. The average molecular weight is 407 g/mol. The molecule has 3 rings (SSSR count). The first-order valence-electron chi connectivity index (χ1n) is 10.7. The van der Waals surface area contributed by atoms with Crippen LogP contribution in [-0.2, 0) is 10.2 Å². The highest BCUT2D eigenvalue weighted by atomic mass is 16.6. The van der Waals surface area contributed by atoms with Crippen LogP contribution in [0.3, 0.4) is 0 Å². The molecule has 0 unspecified atom stereocenters. The molecule has 5 heteroatoms. The third-order valence-corrected chi connectivity index (χ3v) is 5.91. The van der Waals surface area contributed by atoms with Crippen LogP contribution in [0.15, 0.2) is 71.6 Å². The summed E-state index contributed by atoms with van der Waals surface area (Å²) in [6, 6.07) is 8.42. The Morgan fingerprint density at radius 3 is 2.53 bits per heavy atom. The van der Waals surface area contributed by atoms with Gasteiger partial charge in [-0.15, -0.1) is 0 Å². The number of carbonyl (C=O) groups is 1. The molecule has 0 N–H and O–H groups in total. The van der Waals surface area contributed by atoms with Gasteiger partial charge in [0.2, 0.25) is 0 Å². The lowest BCUT2D eigenvalue weighted by atomic mass is 9.83. The highest BCUT2D eigenvalue weighted by Crippen LogP contribution is 2.47. The Labute approximate surface area is 178 Å². The van der Waals surface area contributed by atoms with Crippen LogP contribution < -0.4 is 4.90 Å². The van der Waals surface area contributed by atoms with Crippen molar-refractivity contribution in [3.8, 4) is 0 Å². The monoisotopic (exact) mass is 406 g/mol. The molecule has 0 saturated heterocycles. The Bertz CT molecular complexity index is 951. The van der Waals surface area contributed by atoms with Crippen molar-refractivity contribution in [3.63, 3.8) is 0 Å². The lowest BCUT2D eigenvalue weighted by molar-refractivity contribution is -0.419. The second kappa shape index (κ2) is 9.24. The molecule has 30 heavy (non-hydrogen) atoms. The van der Waals surface area contributed by atoms with E-state index in [9.17, 15) is 14.9 Å². The Balaban J connectivity index is 1.93. The normalized spacial score (nSPS) is 20.0. The van der Waals surface area contributed by atoms with E-state index in [4.69, 9.17) is 0 Å². The van der Waals surface area contributed by atoms with E-state index in [1.165, 1.54) is 55.2 Å². The molecular formula is C25H30N2O3. The number of carbonyl (C=O) groups excluding carboxylic acids is 1. The summed E-state index contributed by atoms with van der Waals surface area (Å²) in [5.74, 6) is -0.211. The van der Waals surface area contributed by atoms with Gasteiger partial charge < -0.3 is 4.90 Å². The molecule has 158 valence electrons. The van der Waals surface area contributed by atoms with Crippen LogP contribution >= 0.6 is 0 Å². The fourth-order valence-electron chi connectivity index (χ4n) is 4.20. The number of benzene rings is 1. The summed E-state index contributed by atoms with van der Waals surface area (Å²) in [4.78, 5) is 25.2. The molecule has 0 saturated carbocycles. The Morgan fingerprint density at radius 2 is 1.80 bits per heavy atom. The standard InChI is InChI=1S/C25H30N2O3/c1-4-5-6-7-10-17-26-22-12-9-8-11-21(22)25(2,3)24(26)16-13-19-18-20(27(29)30)14-15-23(19)28/h8-9,11-16,18H,4-7,10,17H2,1-3H3/b19-13-,24-16-. The van der Waals surface area contributed by atoms with Gasteiger partial charge in [-0.05, 0) is 36.3 Å². The number of unbranched alkanes of at least 4 members (excludes halogenated alkanes) is 4. The largest absolute Gasteiger partial charge is 0.344 e. The topological polar surface area (TPSA) is 63.4 Å². The number of ketones is 1. The lowest BCUT2D eigenvalue weighted by Gasteiger charge is -2.27. The van der Waals surface area contributed by atoms with E-state index in [2.05, 4.69) is 49.9 Å². The maximum Gasteiger partial charge on any atom is 0.270 e. The highest BCUT2D eigenvalue weighted by Gasteiger charge is 2.39. The first kappa shape index (κ1) is 21.8.